The zero-order valence-corrected chi connectivity index (χ0v) is 9.54. The van der Waals surface area contributed by atoms with Crippen molar-refractivity contribution in [3.63, 3.8) is 0 Å². The third-order valence-corrected chi connectivity index (χ3v) is 2.28. The Hall–Kier alpha value is -1.94. The normalized spacial score (nSPS) is 12.8. The molecule has 0 unspecified atom stereocenters. The molecule has 0 spiro atoms. The van der Waals surface area contributed by atoms with Gasteiger partial charge in [0.05, 0.1) is 6.54 Å². The van der Waals surface area contributed by atoms with Gasteiger partial charge in [-0.05, 0) is 11.8 Å². The standard InChI is InChI=1S/C12H16N2O2/c1-5-8-13-12(16)11(9(4)6-2)14-10(15)7-3/h1,3,9,11H,6,8H2,2,4H3,(H,13,16)(H,14,15)/t9-,11-/m0/s1. The third-order valence-electron chi connectivity index (χ3n) is 2.28. The molecule has 0 rings (SSSR count). The van der Waals surface area contributed by atoms with Crippen LogP contribution in [0.25, 0.3) is 0 Å². The average Bonchev–Trinajstić information content (AvgIpc) is 2.31. The first-order chi connectivity index (χ1) is 7.56. The van der Waals surface area contributed by atoms with Crippen molar-refractivity contribution < 1.29 is 9.59 Å². The Morgan fingerprint density at radius 1 is 1.38 bits per heavy atom. The highest BCUT2D eigenvalue weighted by molar-refractivity contribution is 5.96. The minimum absolute atomic E-state index is 0.00456. The molecule has 0 aliphatic carbocycles. The molecular weight excluding hydrogens is 204 g/mol. The van der Waals surface area contributed by atoms with E-state index in [1.54, 1.807) is 0 Å². The van der Waals surface area contributed by atoms with Crippen LogP contribution in [0.15, 0.2) is 0 Å². The number of rotatable bonds is 5. The molecule has 0 aromatic rings. The predicted octanol–water partition coefficient (Wildman–Crippen LogP) is -0.100. The van der Waals surface area contributed by atoms with Crippen LogP contribution in [0.5, 0.6) is 0 Å². The van der Waals surface area contributed by atoms with Gasteiger partial charge in [0.15, 0.2) is 0 Å². The number of terminal acetylenes is 2. The van der Waals surface area contributed by atoms with Crippen LogP contribution in [-0.2, 0) is 9.59 Å². The molecule has 0 aromatic carbocycles. The number of hydrogen-bond acceptors (Lipinski definition) is 2. The van der Waals surface area contributed by atoms with Gasteiger partial charge in [-0.3, -0.25) is 9.59 Å². The highest BCUT2D eigenvalue weighted by atomic mass is 16.2. The Kier molecular flexibility index (Phi) is 6.47. The van der Waals surface area contributed by atoms with Crippen molar-refractivity contribution in [2.24, 2.45) is 5.92 Å². The summed E-state index contributed by atoms with van der Waals surface area (Å²) in [7, 11) is 0. The van der Waals surface area contributed by atoms with Crippen molar-refractivity contribution in [2.45, 2.75) is 26.3 Å². The second kappa shape index (κ2) is 7.36. The molecule has 4 heteroatoms. The van der Waals surface area contributed by atoms with Gasteiger partial charge in [0, 0.05) is 0 Å². The summed E-state index contributed by atoms with van der Waals surface area (Å²) in [5, 5.41) is 4.99. The molecule has 0 aliphatic heterocycles. The average molecular weight is 220 g/mol. The van der Waals surface area contributed by atoms with Crippen LogP contribution in [0.1, 0.15) is 20.3 Å². The van der Waals surface area contributed by atoms with E-state index in [2.05, 4.69) is 16.6 Å². The second-order valence-corrected chi connectivity index (χ2v) is 3.40. The van der Waals surface area contributed by atoms with Gasteiger partial charge in [0.1, 0.15) is 6.04 Å². The fourth-order valence-corrected chi connectivity index (χ4v) is 1.13. The summed E-state index contributed by atoms with van der Waals surface area (Å²) in [6.07, 6.45) is 10.7. The minimum atomic E-state index is -0.637. The van der Waals surface area contributed by atoms with Crippen LogP contribution in [0.3, 0.4) is 0 Å². The molecule has 0 saturated heterocycles. The van der Waals surface area contributed by atoms with E-state index < -0.39 is 11.9 Å². The largest absolute Gasteiger partial charge is 0.343 e. The van der Waals surface area contributed by atoms with Crippen LogP contribution in [-0.4, -0.2) is 24.4 Å². The lowest BCUT2D eigenvalue weighted by molar-refractivity contribution is -0.128. The molecule has 0 aliphatic rings. The lowest BCUT2D eigenvalue weighted by atomic mass is 9.98. The summed E-state index contributed by atoms with van der Waals surface area (Å²) < 4.78 is 0. The summed E-state index contributed by atoms with van der Waals surface area (Å²) in [5.41, 5.74) is 0. The fourth-order valence-electron chi connectivity index (χ4n) is 1.13. The predicted molar refractivity (Wildman–Crippen MR) is 62.1 cm³/mol. The van der Waals surface area contributed by atoms with E-state index in [1.165, 1.54) is 0 Å². The molecule has 0 fully saturated rings. The smallest absolute Gasteiger partial charge is 0.296 e. The first kappa shape index (κ1) is 14.1. The highest BCUT2D eigenvalue weighted by Gasteiger charge is 2.24. The Morgan fingerprint density at radius 3 is 2.44 bits per heavy atom. The molecule has 2 N–H and O–H groups in total. The molecule has 2 amide bonds. The fraction of sp³-hybridized carbons (Fsp3) is 0.500. The van der Waals surface area contributed by atoms with Gasteiger partial charge in [-0.15, -0.1) is 12.8 Å². The second-order valence-electron chi connectivity index (χ2n) is 3.40. The maximum atomic E-state index is 11.7. The van der Waals surface area contributed by atoms with Crippen molar-refractivity contribution in [1.82, 2.24) is 10.6 Å². The summed E-state index contributed by atoms with van der Waals surface area (Å²) in [5.74, 6) is 3.30. The van der Waals surface area contributed by atoms with Crippen LogP contribution in [0.2, 0.25) is 0 Å². The SMILES string of the molecule is C#CCNC(=O)[C@@H](NC(=O)C#C)[C@@H](C)CC. The lowest BCUT2D eigenvalue weighted by Gasteiger charge is -2.21. The molecule has 0 saturated carbocycles. The Balaban J connectivity index is 4.55. The van der Waals surface area contributed by atoms with Gasteiger partial charge >= 0.3 is 0 Å². The Labute approximate surface area is 96.2 Å². The van der Waals surface area contributed by atoms with Gasteiger partial charge in [-0.2, -0.15) is 0 Å². The van der Waals surface area contributed by atoms with E-state index in [1.807, 2.05) is 19.8 Å². The molecule has 16 heavy (non-hydrogen) atoms. The van der Waals surface area contributed by atoms with Crippen molar-refractivity contribution in [2.75, 3.05) is 6.54 Å². The van der Waals surface area contributed by atoms with E-state index in [4.69, 9.17) is 12.8 Å². The summed E-state index contributed by atoms with van der Waals surface area (Å²) in [6, 6.07) is -0.637. The maximum absolute atomic E-state index is 11.7. The van der Waals surface area contributed by atoms with Gasteiger partial charge in [-0.25, -0.2) is 0 Å². The van der Waals surface area contributed by atoms with Crippen LogP contribution < -0.4 is 10.6 Å². The first-order valence-corrected chi connectivity index (χ1v) is 5.05. The maximum Gasteiger partial charge on any atom is 0.296 e. The highest BCUT2D eigenvalue weighted by Crippen LogP contribution is 2.07. The van der Waals surface area contributed by atoms with E-state index in [-0.39, 0.29) is 18.4 Å². The van der Waals surface area contributed by atoms with Gasteiger partial charge in [-0.1, -0.05) is 26.2 Å². The van der Waals surface area contributed by atoms with Gasteiger partial charge in [0.25, 0.3) is 5.91 Å². The molecule has 86 valence electrons. The molecular formula is C12H16N2O2. The van der Waals surface area contributed by atoms with E-state index in [9.17, 15) is 9.59 Å². The van der Waals surface area contributed by atoms with Crippen LogP contribution in [0, 0.1) is 30.6 Å². The number of carbonyl (C=O) groups is 2. The Morgan fingerprint density at radius 2 is 2.00 bits per heavy atom. The number of nitrogens with one attached hydrogen (secondary N) is 2. The monoisotopic (exact) mass is 220 g/mol. The van der Waals surface area contributed by atoms with Crippen molar-refractivity contribution in [3.8, 4) is 24.7 Å². The molecule has 0 aromatic heterocycles. The van der Waals surface area contributed by atoms with Crippen LogP contribution in [0.4, 0.5) is 0 Å². The van der Waals surface area contributed by atoms with Crippen molar-refractivity contribution in [1.29, 1.82) is 0 Å². The zero-order valence-electron chi connectivity index (χ0n) is 9.54. The number of amides is 2. The zero-order chi connectivity index (χ0) is 12.6. The topological polar surface area (TPSA) is 58.2 Å². The quantitative estimate of drug-likeness (QED) is 0.636. The summed E-state index contributed by atoms with van der Waals surface area (Å²) >= 11 is 0. The molecule has 2 atom stereocenters. The van der Waals surface area contributed by atoms with E-state index in [0.29, 0.717) is 0 Å². The third kappa shape index (κ3) is 4.52. The van der Waals surface area contributed by atoms with Crippen LogP contribution >= 0.6 is 0 Å². The number of carbonyl (C=O) groups excluding carboxylic acids is 2. The lowest BCUT2D eigenvalue weighted by Crippen LogP contribution is -2.50. The van der Waals surface area contributed by atoms with E-state index >= 15 is 0 Å². The molecule has 0 radical (unpaired) electrons. The first-order valence-electron chi connectivity index (χ1n) is 5.05. The molecule has 4 nitrogen and oxygen atoms in total. The minimum Gasteiger partial charge on any atom is -0.343 e. The Bertz CT molecular complexity index is 336. The van der Waals surface area contributed by atoms with Crippen molar-refractivity contribution in [3.05, 3.63) is 0 Å². The van der Waals surface area contributed by atoms with Gasteiger partial charge < -0.3 is 10.6 Å². The van der Waals surface area contributed by atoms with E-state index in [0.717, 1.165) is 6.42 Å². The molecule has 0 bridgehead atoms. The summed E-state index contributed by atoms with van der Waals surface area (Å²) in [4.78, 5) is 22.7. The van der Waals surface area contributed by atoms with Gasteiger partial charge in [0.2, 0.25) is 5.91 Å². The summed E-state index contributed by atoms with van der Waals surface area (Å²) in [6.45, 7) is 3.92. The number of hydrogen-bond donors (Lipinski definition) is 2. The van der Waals surface area contributed by atoms with Crippen molar-refractivity contribution >= 4 is 11.8 Å². The molecule has 0 heterocycles.